The van der Waals surface area contributed by atoms with Gasteiger partial charge in [-0.15, -0.1) is 0 Å². The number of carbonyl (C=O) groups is 2. The van der Waals surface area contributed by atoms with Gasteiger partial charge in [0, 0.05) is 32.0 Å². The van der Waals surface area contributed by atoms with Crippen LogP contribution in [-0.2, 0) is 14.3 Å². The van der Waals surface area contributed by atoms with Crippen LogP contribution >= 0.6 is 0 Å². The average Bonchev–Trinajstić information content (AvgIpc) is 3.01. The molecule has 0 aliphatic carbocycles. The Morgan fingerprint density at radius 3 is 2.83 bits per heavy atom. The highest BCUT2D eigenvalue weighted by Gasteiger charge is 2.54. The Bertz CT molecular complexity index is 590. The van der Waals surface area contributed by atoms with Crippen molar-refractivity contribution in [2.75, 3.05) is 32.9 Å². The molecule has 2 heterocycles. The Morgan fingerprint density at radius 1 is 1.33 bits per heavy atom. The molecule has 0 saturated carbocycles. The molecule has 0 unspecified atom stereocenters. The number of hydrogen-bond acceptors (Lipinski definition) is 4. The summed E-state index contributed by atoms with van der Waals surface area (Å²) in [6.45, 7) is 2.13. The van der Waals surface area contributed by atoms with Gasteiger partial charge in [-0.25, -0.2) is 0 Å². The first-order valence-electron chi connectivity index (χ1n) is 8.38. The van der Waals surface area contributed by atoms with Crippen LogP contribution in [0.5, 0.6) is 5.75 Å². The maximum absolute atomic E-state index is 12.4. The van der Waals surface area contributed by atoms with E-state index < -0.39 is 11.4 Å². The third kappa shape index (κ3) is 3.38. The highest BCUT2D eigenvalue weighted by atomic mass is 16.5. The Morgan fingerprint density at radius 2 is 2.12 bits per heavy atom. The fraction of sp³-hybridized carbons (Fsp3) is 0.556. The summed E-state index contributed by atoms with van der Waals surface area (Å²) in [6, 6.07) is 9.48. The molecule has 24 heavy (non-hydrogen) atoms. The van der Waals surface area contributed by atoms with Gasteiger partial charge < -0.3 is 19.5 Å². The summed E-state index contributed by atoms with van der Waals surface area (Å²) in [5.74, 6) is -0.118. The third-order valence-electron chi connectivity index (χ3n) is 5.03. The Labute approximate surface area is 141 Å². The molecule has 0 aromatic heterocycles. The zero-order valence-corrected chi connectivity index (χ0v) is 13.6. The fourth-order valence-corrected chi connectivity index (χ4v) is 3.58. The Kier molecular flexibility index (Phi) is 5.04. The molecule has 1 N–H and O–H groups in total. The van der Waals surface area contributed by atoms with Crippen LogP contribution in [0.3, 0.4) is 0 Å². The van der Waals surface area contributed by atoms with Gasteiger partial charge in [-0.05, 0) is 25.0 Å². The van der Waals surface area contributed by atoms with Gasteiger partial charge >= 0.3 is 5.97 Å². The molecule has 1 aromatic carbocycles. The summed E-state index contributed by atoms with van der Waals surface area (Å²) < 4.78 is 11.0. The molecule has 2 fully saturated rings. The van der Waals surface area contributed by atoms with E-state index in [1.165, 1.54) is 0 Å². The maximum atomic E-state index is 12.4. The van der Waals surface area contributed by atoms with E-state index in [-0.39, 0.29) is 11.8 Å². The zero-order chi connectivity index (χ0) is 17.0. The SMILES string of the molecule is O=C(CCCOc1ccccc1)N1C[C@H]2COCC[C@@]2(C(=O)O)C1. The van der Waals surface area contributed by atoms with Gasteiger partial charge in [-0.3, -0.25) is 9.59 Å². The van der Waals surface area contributed by atoms with Gasteiger partial charge in [0.15, 0.2) is 0 Å². The van der Waals surface area contributed by atoms with Crippen molar-refractivity contribution < 1.29 is 24.2 Å². The minimum atomic E-state index is -0.825. The first-order chi connectivity index (χ1) is 11.6. The summed E-state index contributed by atoms with van der Waals surface area (Å²) in [4.78, 5) is 25.8. The van der Waals surface area contributed by atoms with Gasteiger partial charge in [0.1, 0.15) is 5.75 Å². The van der Waals surface area contributed by atoms with E-state index in [0.29, 0.717) is 52.2 Å². The lowest BCUT2D eigenvalue weighted by atomic mass is 9.74. The van der Waals surface area contributed by atoms with Crippen LogP contribution in [0, 0.1) is 11.3 Å². The second kappa shape index (κ2) is 7.21. The number of ether oxygens (including phenoxy) is 2. The van der Waals surface area contributed by atoms with Crippen molar-refractivity contribution >= 4 is 11.9 Å². The molecule has 6 nitrogen and oxygen atoms in total. The van der Waals surface area contributed by atoms with E-state index in [4.69, 9.17) is 9.47 Å². The topological polar surface area (TPSA) is 76.1 Å². The van der Waals surface area contributed by atoms with Crippen LogP contribution < -0.4 is 4.74 Å². The number of aliphatic carboxylic acids is 1. The van der Waals surface area contributed by atoms with Crippen LogP contribution in [-0.4, -0.2) is 54.8 Å². The molecule has 2 saturated heterocycles. The molecule has 130 valence electrons. The number of nitrogens with zero attached hydrogens (tertiary/aromatic N) is 1. The molecule has 0 bridgehead atoms. The van der Waals surface area contributed by atoms with E-state index in [9.17, 15) is 14.7 Å². The Balaban J connectivity index is 1.48. The molecule has 1 amide bonds. The van der Waals surface area contributed by atoms with Crippen molar-refractivity contribution in [2.24, 2.45) is 11.3 Å². The molecule has 1 aromatic rings. The van der Waals surface area contributed by atoms with Gasteiger partial charge in [-0.2, -0.15) is 0 Å². The number of carboxylic acid groups (broad SMARTS) is 1. The second-order valence-corrected chi connectivity index (χ2v) is 6.52. The lowest BCUT2D eigenvalue weighted by molar-refractivity contribution is -0.157. The number of carbonyl (C=O) groups excluding carboxylic acids is 1. The predicted octanol–water partition coefficient (Wildman–Crippen LogP) is 1.80. The van der Waals surface area contributed by atoms with Crippen molar-refractivity contribution in [3.63, 3.8) is 0 Å². The number of amides is 1. The summed E-state index contributed by atoms with van der Waals surface area (Å²) in [6.07, 6.45) is 1.47. The summed E-state index contributed by atoms with van der Waals surface area (Å²) in [7, 11) is 0. The predicted molar refractivity (Wildman–Crippen MR) is 86.7 cm³/mol. The van der Waals surface area contributed by atoms with Crippen molar-refractivity contribution in [2.45, 2.75) is 19.3 Å². The molecule has 3 rings (SSSR count). The van der Waals surface area contributed by atoms with Crippen LogP contribution in [0.4, 0.5) is 0 Å². The molecular formula is C18H23NO5. The van der Waals surface area contributed by atoms with E-state index in [0.717, 1.165) is 5.75 Å². The highest BCUT2D eigenvalue weighted by Crippen LogP contribution is 2.42. The largest absolute Gasteiger partial charge is 0.494 e. The normalized spacial score (nSPS) is 26.0. The monoisotopic (exact) mass is 333 g/mol. The van der Waals surface area contributed by atoms with Crippen molar-refractivity contribution in [3.8, 4) is 5.75 Å². The molecule has 2 atom stereocenters. The smallest absolute Gasteiger partial charge is 0.311 e. The molecular weight excluding hydrogens is 310 g/mol. The lowest BCUT2D eigenvalue weighted by Gasteiger charge is -2.33. The van der Waals surface area contributed by atoms with Crippen molar-refractivity contribution in [1.29, 1.82) is 0 Å². The van der Waals surface area contributed by atoms with Crippen LogP contribution in [0.1, 0.15) is 19.3 Å². The number of carboxylic acids is 1. The van der Waals surface area contributed by atoms with Crippen LogP contribution in [0.2, 0.25) is 0 Å². The fourth-order valence-electron chi connectivity index (χ4n) is 3.58. The number of rotatable bonds is 6. The third-order valence-corrected chi connectivity index (χ3v) is 5.03. The van der Waals surface area contributed by atoms with Crippen molar-refractivity contribution in [1.82, 2.24) is 4.90 Å². The molecule has 2 aliphatic heterocycles. The molecule has 6 heteroatoms. The summed E-state index contributed by atoms with van der Waals surface area (Å²) >= 11 is 0. The van der Waals surface area contributed by atoms with E-state index in [2.05, 4.69) is 0 Å². The Hall–Kier alpha value is -2.08. The van der Waals surface area contributed by atoms with Gasteiger partial charge in [0.2, 0.25) is 5.91 Å². The van der Waals surface area contributed by atoms with Crippen LogP contribution in [0.25, 0.3) is 0 Å². The first-order valence-corrected chi connectivity index (χ1v) is 8.38. The molecule has 0 radical (unpaired) electrons. The zero-order valence-electron chi connectivity index (χ0n) is 13.6. The number of para-hydroxylation sites is 1. The van der Waals surface area contributed by atoms with Gasteiger partial charge in [-0.1, -0.05) is 18.2 Å². The number of likely N-dealkylation sites (tertiary alicyclic amines) is 1. The standard InChI is InChI=1S/C18H23NO5/c20-16(7-4-9-24-15-5-2-1-3-6-15)19-11-14-12-23-10-8-18(14,13-19)17(21)22/h1-3,5-6,14H,4,7-13H2,(H,21,22)/t14-,18+/m0/s1. The van der Waals surface area contributed by atoms with Crippen LogP contribution in [0.15, 0.2) is 30.3 Å². The number of fused-ring (bicyclic) bond motifs is 1. The second-order valence-electron chi connectivity index (χ2n) is 6.52. The molecule has 2 aliphatic rings. The molecule has 0 spiro atoms. The maximum Gasteiger partial charge on any atom is 0.311 e. The number of hydrogen-bond donors (Lipinski definition) is 1. The van der Waals surface area contributed by atoms with Crippen molar-refractivity contribution in [3.05, 3.63) is 30.3 Å². The first kappa shape index (κ1) is 16.8. The minimum Gasteiger partial charge on any atom is -0.494 e. The quantitative estimate of drug-likeness (QED) is 0.803. The van der Waals surface area contributed by atoms with E-state index in [1.807, 2.05) is 30.3 Å². The van der Waals surface area contributed by atoms with E-state index >= 15 is 0 Å². The number of benzene rings is 1. The average molecular weight is 333 g/mol. The summed E-state index contributed by atoms with van der Waals surface area (Å²) in [5, 5.41) is 9.63. The minimum absolute atomic E-state index is 0.00156. The lowest BCUT2D eigenvalue weighted by Crippen LogP contribution is -2.45. The van der Waals surface area contributed by atoms with Gasteiger partial charge in [0.25, 0.3) is 0 Å². The highest BCUT2D eigenvalue weighted by molar-refractivity contribution is 5.81. The summed E-state index contributed by atoms with van der Waals surface area (Å²) in [5.41, 5.74) is -0.825. The van der Waals surface area contributed by atoms with Gasteiger partial charge in [0.05, 0.1) is 18.6 Å². The van der Waals surface area contributed by atoms with E-state index in [1.54, 1.807) is 4.90 Å².